The van der Waals surface area contributed by atoms with Crippen molar-refractivity contribution in [3.05, 3.63) is 45.4 Å². The Morgan fingerprint density at radius 1 is 1.48 bits per heavy atom. The molecule has 0 aliphatic carbocycles. The highest BCUT2D eigenvalue weighted by atomic mass is 35.5. The molecule has 0 aromatic carbocycles. The maximum atomic E-state index is 12.4. The highest BCUT2D eigenvalue weighted by Gasteiger charge is 2.30. The molecule has 0 fully saturated rings. The minimum Gasteiger partial charge on any atom is -0.480 e. The zero-order chi connectivity index (χ0) is 15.0. The molecule has 0 unspecified atom stereocenters. The first-order chi connectivity index (χ1) is 10.1. The van der Waals surface area contributed by atoms with Gasteiger partial charge in [-0.25, -0.2) is 19.3 Å². The summed E-state index contributed by atoms with van der Waals surface area (Å²) in [7, 11) is 0. The van der Waals surface area contributed by atoms with Gasteiger partial charge in [-0.3, -0.25) is 4.57 Å². The van der Waals surface area contributed by atoms with E-state index in [0.717, 1.165) is 12.0 Å². The molecule has 1 N–H and O–H groups in total. The van der Waals surface area contributed by atoms with Crippen molar-refractivity contribution in [2.75, 3.05) is 0 Å². The molecule has 2 aromatic rings. The summed E-state index contributed by atoms with van der Waals surface area (Å²) in [6.45, 7) is 0.245. The number of rotatable bonds is 3. The van der Waals surface area contributed by atoms with Crippen LogP contribution in [0.1, 0.15) is 30.3 Å². The van der Waals surface area contributed by atoms with Gasteiger partial charge >= 0.3 is 11.7 Å². The smallest absolute Gasteiger partial charge is 0.347 e. The number of hydrogen-bond donors (Lipinski definition) is 1. The van der Waals surface area contributed by atoms with Crippen LogP contribution < -0.4 is 5.69 Å². The molecule has 0 radical (unpaired) electrons. The summed E-state index contributed by atoms with van der Waals surface area (Å²) in [6.07, 6.45) is 3.36. The number of nitrogens with zero attached hydrogens (tertiary/aromatic N) is 4. The first-order valence-electron chi connectivity index (χ1n) is 6.57. The van der Waals surface area contributed by atoms with Gasteiger partial charge in [-0.05, 0) is 24.5 Å². The number of hydrogen-bond acceptors (Lipinski definition) is 4. The van der Waals surface area contributed by atoms with Crippen molar-refractivity contribution in [1.82, 2.24) is 19.3 Å². The van der Waals surface area contributed by atoms with Crippen molar-refractivity contribution in [2.45, 2.75) is 31.8 Å². The van der Waals surface area contributed by atoms with Crippen LogP contribution in [0.5, 0.6) is 0 Å². The number of aromatic nitrogens is 4. The number of carbonyl (C=O) groups is 1. The molecule has 21 heavy (non-hydrogen) atoms. The van der Waals surface area contributed by atoms with Crippen LogP contribution in [0.25, 0.3) is 0 Å². The summed E-state index contributed by atoms with van der Waals surface area (Å²) in [5, 5.41) is 13.8. The van der Waals surface area contributed by atoms with Gasteiger partial charge in [0.1, 0.15) is 17.0 Å². The van der Waals surface area contributed by atoms with Gasteiger partial charge in [0.25, 0.3) is 0 Å². The molecular weight excluding hydrogens is 296 g/mol. The van der Waals surface area contributed by atoms with Gasteiger partial charge in [-0.1, -0.05) is 17.7 Å². The van der Waals surface area contributed by atoms with Crippen LogP contribution in [-0.2, 0) is 17.8 Å². The average Bonchev–Trinajstić information content (AvgIpc) is 2.78. The van der Waals surface area contributed by atoms with Crippen LogP contribution in [0.3, 0.4) is 0 Å². The van der Waals surface area contributed by atoms with Gasteiger partial charge < -0.3 is 5.11 Å². The quantitative estimate of drug-likeness (QED) is 0.858. The number of fused-ring (bicyclic) bond motifs is 1. The Labute approximate surface area is 124 Å². The third-order valence-corrected chi connectivity index (χ3v) is 3.76. The van der Waals surface area contributed by atoms with Crippen molar-refractivity contribution in [1.29, 1.82) is 0 Å². The summed E-state index contributed by atoms with van der Waals surface area (Å²) in [6, 6.07) is 2.57. The molecule has 1 aliphatic rings. The Morgan fingerprint density at radius 3 is 2.95 bits per heavy atom. The molecular formula is C13H13ClN4O3. The highest BCUT2D eigenvalue weighted by Crippen LogP contribution is 2.21. The SMILES string of the molecule is O=C(O)[C@H]1CCCc2nn(Cc3ccc(Cl)nc3)c(=O)n21. The zero-order valence-corrected chi connectivity index (χ0v) is 11.8. The summed E-state index contributed by atoms with van der Waals surface area (Å²) in [5.74, 6) is -0.466. The fraction of sp³-hybridized carbons (Fsp3) is 0.385. The molecule has 1 atom stereocenters. The van der Waals surface area contributed by atoms with Gasteiger partial charge in [0.05, 0.1) is 6.54 Å². The molecule has 3 rings (SSSR count). The number of aliphatic carboxylic acids is 1. The summed E-state index contributed by atoms with van der Waals surface area (Å²) in [5.41, 5.74) is 0.385. The highest BCUT2D eigenvalue weighted by molar-refractivity contribution is 6.29. The van der Waals surface area contributed by atoms with Gasteiger partial charge in [0.15, 0.2) is 0 Å². The second kappa shape index (κ2) is 5.33. The average molecular weight is 309 g/mol. The lowest BCUT2D eigenvalue weighted by Crippen LogP contribution is -2.34. The van der Waals surface area contributed by atoms with Crippen molar-refractivity contribution in [2.24, 2.45) is 0 Å². The molecule has 8 heteroatoms. The van der Waals surface area contributed by atoms with E-state index < -0.39 is 17.7 Å². The predicted molar refractivity (Wildman–Crippen MR) is 74.4 cm³/mol. The van der Waals surface area contributed by atoms with E-state index in [0.29, 0.717) is 23.8 Å². The molecule has 0 spiro atoms. The van der Waals surface area contributed by atoms with Crippen molar-refractivity contribution in [3.8, 4) is 0 Å². The van der Waals surface area contributed by atoms with Crippen LogP contribution in [0.4, 0.5) is 0 Å². The van der Waals surface area contributed by atoms with Crippen LogP contribution in [-0.4, -0.2) is 30.4 Å². The van der Waals surface area contributed by atoms with E-state index in [2.05, 4.69) is 10.1 Å². The molecule has 0 bridgehead atoms. The van der Waals surface area contributed by atoms with E-state index in [-0.39, 0.29) is 6.54 Å². The van der Waals surface area contributed by atoms with Gasteiger partial charge in [-0.15, -0.1) is 0 Å². The van der Waals surface area contributed by atoms with Crippen molar-refractivity contribution >= 4 is 17.6 Å². The molecule has 110 valence electrons. The molecule has 3 heterocycles. The van der Waals surface area contributed by atoms with E-state index in [4.69, 9.17) is 11.6 Å². The second-order valence-corrected chi connectivity index (χ2v) is 5.35. The number of carboxylic acid groups (broad SMARTS) is 1. The Bertz CT molecular complexity index is 735. The summed E-state index contributed by atoms with van der Waals surface area (Å²) in [4.78, 5) is 27.6. The Hall–Kier alpha value is -2.15. The number of carboxylic acids is 1. The van der Waals surface area contributed by atoms with E-state index in [1.165, 1.54) is 9.25 Å². The molecule has 0 saturated heterocycles. The van der Waals surface area contributed by atoms with Crippen LogP contribution in [0, 0.1) is 0 Å². The Kier molecular flexibility index (Phi) is 3.50. The topological polar surface area (TPSA) is 90.0 Å². The second-order valence-electron chi connectivity index (χ2n) is 4.96. The molecule has 1 aliphatic heterocycles. The van der Waals surface area contributed by atoms with Gasteiger partial charge in [-0.2, -0.15) is 5.10 Å². The number of aryl methyl sites for hydroxylation is 1. The lowest BCUT2D eigenvalue weighted by atomic mass is 10.1. The lowest BCUT2D eigenvalue weighted by molar-refractivity contribution is -0.141. The largest absolute Gasteiger partial charge is 0.480 e. The fourth-order valence-electron chi connectivity index (χ4n) is 2.54. The van der Waals surface area contributed by atoms with Crippen LogP contribution in [0.2, 0.25) is 5.15 Å². The minimum absolute atomic E-state index is 0.245. The van der Waals surface area contributed by atoms with Crippen molar-refractivity contribution < 1.29 is 9.90 Å². The van der Waals surface area contributed by atoms with Gasteiger partial charge in [0.2, 0.25) is 0 Å². The third kappa shape index (κ3) is 2.56. The van der Waals surface area contributed by atoms with Gasteiger partial charge in [0, 0.05) is 12.6 Å². The molecule has 0 saturated carbocycles. The molecule has 7 nitrogen and oxygen atoms in total. The standard InChI is InChI=1S/C13H13ClN4O3/c14-10-5-4-8(6-15-10)7-17-13(21)18-9(12(19)20)2-1-3-11(18)16-17/h4-6,9H,1-3,7H2,(H,19,20)/t9-/m1/s1. The monoisotopic (exact) mass is 308 g/mol. The third-order valence-electron chi connectivity index (χ3n) is 3.54. The maximum absolute atomic E-state index is 12.4. The molecule has 0 amide bonds. The summed E-state index contributed by atoms with van der Waals surface area (Å²) < 4.78 is 2.57. The first-order valence-corrected chi connectivity index (χ1v) is 6.95. The van der Waals surface area contributed by atoms with E-state index >= 15 is 0 Å². The van der Waals surface area contributed by atoms with E-state index in [1.807, 2.05) is 0 Å². The first kappa shape index (κ1) is 13.8. The summed E-state index contributed by atoms with van der Waals surface area (Å²) >= 11 is 5.72. The fourth-order valence-corrected chi connectivity index (χ4v) is 2.65. The lowest BCUT2D eigenvalue weighted by Gasteiger charge is -2.19. The van der Waals surface area contributed by atoms with Crippen LogP contribution >= 0.6 is 11.6 Å². The van der Waals surface area contributed by atoms with E-state index in [9.17, 15) is 14.7 Å². The predicted octanol–water partition coefficient (Wildman–Crippen LogP) is 1.10. The minimum atomic E-state index is -0.995. The number of halogens is 1. The Morgan fingerprint density at radius 2 is 2.29 bits per heavy atom. The number of pyridine rings is 1. The van der Waals surface area contributed by atoms with E-state index in [1.54, 1.807) is 18.3 Å². The van der Waals surface area contributed by atoms with Crippen molar-refractivity contribution in [3.63, 3.8) is 0 Å². The Balaban J connectivity index is 1.96. The van der Waals surface area contributed by atoms with Crippen LogP contribution in [0.15, 0.2) is 23.1 Å². The molecule has 2 aromatic heterocycles. The normalized spacial score (nSPS) is 17.5. The maximum Gasteiger partial charge on any atom is 0.347 e. The zero-order valence-electron chi connectivity index (χ0n) is 11.1.